The summed E-state index contributed by atoms with van der Waals surface area (Å²) in [5.74, 6) is 0.619. The molecule has 2 aliphatic heterocycles. The van der Waals surface area contributed by atoms with Gasteiger partial charge in [0, 0.05) is 18.7 Å². The molecule has 4 rings (SSSR count). The van der Waals surface area contributed by atoms with Gasteiger partial charge in [-0.05, 0) is 48.2 Å². The number of imide groups is 1. The highest BCUT2D eigenvalue weighted by Gasteiger charge is 2.37. The van der Waals surface area contributed by atoms with Crippen molar-refractivity contribution >= 4 is 34.9 Å². The fourth-order valence-electron chi connectivity index (χ4n) is 3.74. The minimum absolute atomic E-state index is 0.174. The first kappa shape index (κ1) is 22.1. The average Bonchev–Trinajstić information content (AvgIpc) is 3.07. The first-order valence-electron chi connectivity index (χ1n) is 10.8. The van der Waals surface area contributed by atoms with Crippen LogP contribution in [0.3, 0.4) is 0 Å². The van der Waals surface area contributed by atoms with E-state index in [-0.39, 0.29) is 12.5 Å². The van der Waals surface area contributed by atoms with Crippen molar-refractivity contribution in [2.75, 3.05) is 19.6 Å². The van der Waals surface area contributed by atoms with Gasteiger partial charge >= 0.3 is 0 Å². The smallest absolute Gasteiger partial charge is 0.294 e. The van der Waals surface area contributed by atoms with E-state index in [1.54, 1.807) is 11.0 Å². The van der Waals surface area contributed by atoms with Crippen LogP contribution in [0.5, 0.6) is 5.75 Å². The highest BCUT2D eigenvalue weighted by molar-refractivity contribution is 8.18. The van der Waals surface area contributed by atoms with Gasteiger partial charge < -0.3 is 9.64 Å². The van der Waals surface area contributed by atoms with E-state index in [1.807, 2.05) is 54.6 Å². The zero-order chi connectivity index (χ0) is 22.5. The van der Waals surface area contributed by atoms with Crippen LogP contribution >= 0.6 is 11.8 Å². The molecule has 2 saturated heterocycles. The molecule has 0 bridgehead atoms. The maximum Gasteiger partial charge on any atom is 0.294 e. The molecule has 0 unspecified atom stereocenters. The van der Waals surface area contributed by atoms with Crippen molar-refractivity contribution in [3.05, 3.63) is 70.6 Å². The highest BCUT2D eigenvalue weighted by Crippen LogP contribution is 2.34. The van der Waals surface area contributed by atoms with Crippen LogP contribution in [0, 0.1) is 5.92 Å². The van der Waals surface area contributed by atoms with Crippen LogP contribution in [0.4, 0.5) is 4.79 Å². The Morgan fingerprint density at radius 1 is 1.06 bits per heavy atom. The molecule has 7 heteroatoms. The minimum atomic E-state index is -0.434. The lowest BCUT2D eigenvalue weighted by Gasteiger charge is -2.31. The second kappa shape index (κ2) is 10.0. The zero-order valence-electron chi connectivity index (χ0n) is 18.0. The van der Waals surface area contributed by atoms with Gasteiger partial charge in [0.05, 0.1) is 4.91 Å². The van der Waals surface area contributed by atoms with E-state index in [0.29, 0.717) is 41.8 Å². The lowest BCUT2D eigenvalue weighted by Crippen LogP contribution is -2.45. The van der Waals surface area contributed by atoms with Gasteiger partial charge in [0.1, 0.15) is 18.9 Å². The number of rotatable bonds is 6. The van der Waals surface area contributed by atoms with E-state index in [2.05, 4.69) is 6.92 Å². The van der Waals surface area contributed by atoms with E-state index in [4.69, 9.17) is 4.74 Å². The lowest BCUT2D eigenvalue weighted by molar-refractivity contribution is -0.136. The topological polar surface area (TPSA) is 66.9 Å². The number of carbonyl (C=O) groups excluding carboxylic acids is 3. The standard InChI is InChI=1S/C25H26N2O4S/c1-18-11-13-26(14-12-18)23(28)16-27-24(29)22(32-25(27)30)15-20-9-5-6-10-21(20)31-17-19-7-3-2-4-8-19/h2-10,15,18H,11-14,16-17H2,1H3/b22-15+. The van der Waals surface area contributed by atoms with Gasteiger partial charge in [-0.1, -0.05) is 55.5 Å². The van der Waals surface area contributed by atoms with Gasteiger partial charge in [-0.15, -0.1) is 0 Å². The molecule has 6 nitrogen and oxygen atoms in total. The molecule has 0 N–H and O–H groups in total. The average molecular weight is 451 g/mol. The fourth-order valence-corrected chi connectivity index (χ4v) is 4.57. The number of hydrogen-bond acceptors (Lipinski definition) is 5. The van der Waals surface area contributed by atoms with Crippen molar-refractivity contribution in [1.82, 2.24) is 9.80 Å². The molecule has 0 spiro atoms. The quantitative estimate of drug-likeness (QED) is 0.604. The number of benzene rings is 2. The first-order chi connectivity index (χ1) is 15.5. The maximum atomic E-state index is 12.9. The Labute approximate surface area is 192 Å². The summed E-state index contributed by atoms with van der Waals surface area (Å²) in [5.41, 5.74) is 1.75. The molecular weight excluding hydrogens is 424 g/mol. The molecule has 2 aromatic rings. The molecule has 166 valence electrons. The molecule has 32 heavy (non-hydrogen) atoms. The van der Waals surface area contributed by atoms with Gasteiger partial charge in [-0.2, -0.15) is 0 Å². The van der Waals surface area contributed by atoms with E-state index in [0.717, 1.165) is 35.1 Å². The number of carbonyl (C=O) groups is 3. The van der Waals surface area contributed by atoms with Crippen LogP contribution in [0.2, 0.25) is 0 Å². The Bertz CT molecular complexity index is 1030. The molecule has 2 aromatic carbocycles. The number of nitrogens with zero attached hydrogens (tertiary/aromatic N) is 2. The van der Waals surface area contributed by atoms with Crippen molar-refractivity contribution in [3.8, 4) is 5.75 Å². The number of piperidine rings is 1. The number of likely N-dealkylation sites (tertiary alicyclic amines) is 1. The number of ether oxygens (including phenoxy) is 1. The van der Waals surface area contributed by atoms with E-state index in [9.17, 15) is 14.4 Å². The zero-order valence-corrected chi connectivity index (χ0v) is 18.8. The van der Waals surface area contributed by atoms with Gasteiger partial charge in [0.15, 0.2) is 0 Å². The largest absolute Gasteiger partial charge is 0.488 e. The van der Waals surface area contributed by atoms with Gasteiger partial charge in [0.25, 0.3) is 11.1 Å². The summed E-state index contributed by atoms with van der Waals surface area (Å²) in [6, 6.07) is 17.2. The van der Waals surface area contributed by atoms with Crippen molar-refractivity contribution < 1.29 is 19.1 Å². The molecule has 3 amide bonds. The van der Waals surface area contributed by atoms with Gasteiger partial charge in [0.2, 0.25) is 5.91 Å². The second-order valence-electron chi connectivity index (χ2n) is 8.14. The molecule has 2 heterocycles. The Kier molecular flexibility index (Phi) is 6.95. The monoisotopic (exact) mass is 450 g/mol. The summed E-state index contributed by atoms with van der Waals surface area (Å²) in [6.45, 7) is 3.72. The summed E-state index contributed by atoms with van der Waals surface area (Å²) in [5, 5.41) is -0.414. The van der Waals surface area contributed by atoms with Gasteiger partial charge in [-0.25, -0.2) is 0 Å². The SMILES string of the molecule is CC1CCN(C(=O)CN2C(=O)S/C(=C/c3ccccc3OCc3ccccc3)C2=O)CC1. The first-order valence-corrected chi connectivity index (χ1v) is 11.6. The predicted octanol–water partition coefficient (Wildman–Crippen LogP) is 4.56. The van der Waals surface area contributed by atoms with Crippen LogP contribution in [0.1, 0.15) is 30.9 Å². The molecule has 0 saturated carbocycles. The van der Waals surface area contributed by atoms with Crippen LogP contribution in [0.15, 0.2) is 59.5 Å². The number of para-hydroxylation sites is 1. The Morgan fingerprint density at radius 2 is 1.75 bits per heavy atom. The number of thioether (sulfide) groups is 1. The summed E-state index contributed by atoms with van der Waals surface area (Å²) in [4.78, 5) is 41.1. The van der Waals surface area contributed by atoms with Crippen LogP contribution in [-0.2, 0) is 16.2 Å². The maximum absolute atomic E-state index is 12.9. The molecule has 0 atom stereocenters. The molecule has 0 radical (unpaired) electrons. The summed E-state index contributed by atoms with van der Waals surface area (Å²) >= 11 is 0.861. The molecule has 0 aromatic heterocycles. The molecular formula is C25H26N2O4S. The summed E-state index contributed by atoms with van der Waals surface area (Å²) in [6.07, 6.45) is 3.57. The Balaban J connectivity index is 1.44. The molecule has 2 fully saturated rings. The fraction of sp³-hybridized carbons (Fsp3) is 0.320. The number of hydrogen-bond donors (Lipinski definition) is 0. The van der Waals surface area contributed by atoms with Crippen molar-refractivity contribution in [2.24, 2.45) is 5.92 Å². The summed E-state index contributed by atoms with van der Waals surface area (Å²) < 4.78 is 5.95. The van der Waals surface area contributed by atoms with Crippen LogP contribution in [-0.4, -0.2) is 46.5 Å². The minimum Gasteiger partial charge on any atom is -0.488 e. The molecule has 2 aliphatic rings. The third-order valence-corrected chi connectivity index (χ3v) is 6.65. The van der Waals surface area contributed by atoms with E-state index >= 15 is 0 Å². The summed E-state index contributed by atoms with van der Waals surface area (Å²) in [7, 11) is 0. The predicted molar refractivity (Wildman–Crippen MR) is 125 cm³/mol. The van der Waals surface area contributed by atoms with Crippen molar-refractivity contribution in [3.63, 3.8) is 0 Å². The lowest BCUT2D eigenvalue weighted by atomic mass is 9.99. The van der Waals surface area contributed by atoms with E-state index < -0.39 is 11.1 Å². The van der Waals surface area contributed by atoms with E-state index in [1.165, 1.54) is 0 Å². The normalized spacial score (nSPS) is 18.5. The third-order valence-electron chi connectivity index (χ3n) is 5.75. The number of amides is 3. The van der Waals surface area contributed by atoms with Crippen molar-refractivity contribution in [1.29, 1.82) is 0 Å². The Morgan fingerprint density at radius 3 is 2.50 bits per heavy atom. The van der Waals surface area contributed by atoms with Crippen molar-refractivity contribution in [2.45, 2.75) is 26.4 Å². The second-order valence-corrected chi connectivity index (χ2v) is 9.14. The van der Waals surface area contributed by atoms with Crippen LogP contribution < -0.4 is 4.74 Å². The molecule has 0 aliphatic carbocycles. The van der Waals surface area contributed by atoms with Crippen LogP contribution in [0.25, 0.3) is 6.08 Å². The highest BCUT2D eigenvalue weighted by atomic mass is 32.2. The third kappa shape index (κ3) is 5.22. The van der Waals surface area contributed by atoms with Gasteiger partial charge in [-0.3, -0.25) is 19.3 Å². The Hall–Kier alpha value is -3.06.